The van der Waals surface area contributed by atoms with Crippen molar-refractivity contribution in [1.29, 1.82) is 0 Å². The van der Waals surface area contributed by atoms with Crippen LogP contribution in [-0.4, -0.2) is 56.4 Å². The van der Waals surface area contributed by atoms with Gasteiger partial charge in [-0.1, -0.05) is 57.4 Å². The van der Waals surface area contributed by atoms with Crippen LogP contribution in [0.5, 0.6) is 17.2 Å². The zero-order valence-electron chi connectivity index (χ0n) is 27.8. The summed E-state index contributed by atoms with van der Waals surface area (Å²) in [6.45, 7) is 0.874. The first-order valence-corrected chi connectivity index (χ1v) is 16.9. The molecular formula is C37H39BrN6O6. The number of hydrazine groups is 1. The number of halogens is 1. The summed E-state index contributed by atoms with van der Waals surface area (Å²) in [4.78, 5) is 22.7. The summed E-state index contributed by atoms with van der Waals surface area (Å²) in [7, 11) is 3.22. The number of carbonyl (C=O) groups is 1. The number of aliphatic hydroxyl groups is 1. The summed E-state index contributed by atoms with van der Waals surface area (Å²) in [6, 6.07) is 28.0. The molecule has 0 aromatic heterocycles. The topological polar surface area (TPSA) is 159 Å². The van der Waals surface area contributed by atoms with E-state index in [0.717, 1.165) is 15.6 Å². The maximum atomic E-state index is 14.6. The average molecular weight is 744 g/mol. The molecule has 4 aromatic rings. The Morgan fingerprint density at radius 1 is 1.02 bits per heavy atom. The number of amides is 1. The van der Waals surface area contributed by atoms with Gasteiger partial charge in [-0.15, -0.1) is 0 Å². The van der Waals surface area contributed by atoms with Gasteiger partial charge in [-0.25, -0.2) is 10.4 Å². The summed E-state index contributed by atoms with van der Waals surface area (Å²) < 4.78 is 24.2. The highest BCUT2D eigenvalue weighted by atomic mass is 79.9. The predicted octanol–water partition coefficient (Wildman–Crippen LogP) is 6.40. The quantitative estimate of drug-likeness (QED) is 0.0371. The lowest BCUT2D eigenvalue weighted by Crippen LogP contribution is -2.54. The molecule has 1 heterocycles. The van der Waals surface area contributed by atoms with E-state index in [4.69, 9.17) is 34.6 Å². The minimum absolute atomic E-state index is 0.0395. The molecule has 2 atom stereocenters. The standard InChI is InChI=1S/C37H39BrN6O6/c1-47-31-16-17-33(48-2)27(22-31)18-19-40-43-36(46)37(23-25-8-12-29(38)13-9-25)34(32-7-4-3-6-28(32)24-41-44-39)50-35(42-37)26-10-14-30(15-11-26)49-21-5-20-45/h3-4,6-17,22,34,40,45H,5,18-21,23-24H2,1-2H3,(H,43,46)/t34-,37-/m0/s1. The third-order valence-corrected chi connectivity index (χ3v) is 8.80. The van der Waals surface area contributed by atoms with Gasteiger partial charge in [0.15, 0.2) is 11.6 Å². The number of hydrogen-bond acceptors (Lipinski definition) is 9. The van der Waals surface area contributed by atoms with Crippen molar-refractivity contribution >= 4 is 27.7 Å². The van der Waals surface area contributed by atoms with E-state index in [9.17, 15) is 4.79 Å². The molecule has 0 saturated carbocycles. The molecule has 4 aromatic carbocycles. The van der Waals surface area contributed by atoms with Gasteiger partial charge in [-0.3, -0.25) is 10.2 Å². The molecule has 0 aliphatic carbocycles. The molecule has 50 heavy (non-hydrogen) atoms. The largest absolute Gasteiger partial charge is 0.497 e. The van der Waals surface area contributed by atoms with Gasteiger partial charge in [0.2, 0.25) is 5.90 Å². The van der Waals surface area contributed by atoms with E-state index < -0.39 is 17.6 Å². The summed E-state index contributed by atoms with van der Waals surface area (Å²) in [5.74, 6) is 1.93. The van der Waals surface area contributed by atoms with E-state index in [1.807, 2.05) is 78.9 Å². The number of nitrogens with zero attached hydrogens (tertiary/aromatic N) is 4. The number of rotatable bonds is 17. The molecule has 0 spiro atoms. The molecule has 1 aliphatic heterocycles. The van der Waals surface area contributed by atoms with Crippen molar-refractivity contribution in [1.82, 2.24) is 10.9 Å². The van der Waals surface area contributed by atoms with E-state index in [-0.39, 0.29) is 25.5 Å². The van der Waals surface area contributed by atoms with Crippen molar-refractivity contribution in [3.63, 3.8) is 0 Å². The molecule has 0 radical (unpaired) electrons. The van der Waals surface area contributed by atoms with Crippen LogP contribution in [0.4, 0.5) is 0 Å². The van der Waals surface area contributed by atoms with E-state index in [1.54, 1.807) is 26.4 Å². The molecule has 0 fully saturated rings. The number of aliphatic imine (C=N–C) groups is 1. The lowest BCUT2D eigenvalue weighted by atomic mass is 9.81. The van der Waals surface area contributed by atoms with Gasteiger partial charge in [-0.2, -0.15) is 0 Å². The first-order valence-electron chi connectivity index (χ1n) is 16.1. The third-order valence-electron chi connectivity index (χ3n) is 8.27. The first-order chi connectivity index (χ1) is 24.4. The van der Waals surface area contributed by atoms with Gasteiger partial charge >= 0.3 is 0 Å². The SMILES string of the molecule is COc1ccc(OC)c(CCNNC(=O)[C@@]2(Cc3ccc(Br)cc3)N=C(c3ccc(OCCCO)cc3)O[C@H]2c2ccccc2CN=[N+]=[N-])c1. The summed E-state index contributed by atoms with van der Waals surface area (Å²) in [5, 5.41) is 12.9. The van der Waals surface area contributed by atoms with Crippen LogP contribution in [0.2, 0.25) is 0 Å². The maximum absolute atomic E-state index is 14.6. The zero-order chi connectivity index (χ0) is 35.3. The first kappa shape index (κ1) is 36.2. The van der Waals surface area contributed by atoms with Crippen molar-refractivity contribution in [2.45, 2.75) is 37.5 Å². The number of methoxy groups -OCH3 is 2. The number of benzene rings is 4. The number of ether oxygens (including phenoxy) is 4. The third kappa shape index (κ3) is 8.74. The second kappa shape index (κ2) is 17.5. The number of hydrogen-bond donors (Lipinski definition) is 3. The second-order valence-corrected chi connectivity index (χ2v) is 12.4. The predicted molar refractivity (Wildman–Crippen MR) is 193 cm³/mol. The van der Waals surface area contributed by atoms with Gasteiger partial charge in [0.25, 0.3) is 5.91 Å². The molecule has 260 valence electrons. The highest BCUT2D eigenvalue weighted by Crippen LogP contribution is 2.44. The Labute approximate surface area is 299 Å². The molecule has 1 amide bonds. The van der Waals surface area contributed by atoms with Gasteiger partial charge in [-0.05, 0) is 88.8 Å². The van der Waals surface area contributed by atoms with Crippen LogP contribution in [0.3, 0.4) is 0 Å². The minimum atomic E-state index is -1.48. The monoisotopic (exact) mass is 742 g/mol. The normalized spacial score (nSPS) is 16.5. The summed E-state index contributed by atoms with van der Waals surface area (Å²) in [6.07, 6.45) is 0.371. The Morgan fingerprint density at radius 3 is 2.50 bits per heavy atom. The van der Waals surface area contributed by atoms with Crippen molar-refractivity contribution in [2.24, 2.45) is 10.1 Å². The summed E-state index contributed by atoms with van der Waals surface area (Å²) >= 11 is 3.51. The Bertz CT molecular complexity index is 1830. The van der Waals surface area contributed by atoms with Crippen LogP contribution in [-0.2, 0) is 28.9 Å². The maximum Gasteiger partial charge on any atom is 0.266 e. The van der Waals surface area contributed by atoms with Crippen LogP contribution < -0.4 is 25.1 Å². The van der Waals surface area contributed by atoms with Crippen LogP contribution in [0.1, 0.15) is 40.3 Å². The van der Waals surface area contributed by atoms with E-state index in [0.29, 0.717) is 59.9 Å². The van der Waals surface area contributed by atoms with Crippen LogP contribution >= 0.6 is 15.9 Å². The van der Waals surface area contributed by atoms with E-state index in [1.165, 1.54) is 0 Å². The molecule has 0 bridgehead atoms. The molecule has 12 nitrogen and oxygen atoms in total. The van der Waals surface area contributed by atoms with Gasteiger partial charge in [0.05, 0.1) is 27.4 Å². The van der Waals surface area contributed by atoms with Crippen molar-refractivity contribution in [3.05, 3.63) is 134 Å². The Hall–Kier alpha value is -5.07. The van der Waals surface area contributed by atoms with Gasteiger partial charge < -0.3 is 24.1 Å². The Morgan fingerprint density at radius 2 is 1.78 bits per heavy atom. The van der Waals surface area contributed by atoms with E-state index >= 15 is 0 Å². The molecule has 13 heteroatoms. The number of aliphatic hydroxyl groups excluding tert-OH is 1. The Balaban J connectivity index is 1.51. The van der Waals surface area contributed by atoms with Crippen LogP contribution in [0.15, 0.2) is 106 Å². The highest BCUT2D eigenvalue weighted by molar-refractivity contribution is 9.10. The molecule has 0 saturated heterocycles. The van der Waals surface area contributed by atoms with E-state index in [2.05, 4.69) is 36.8 Å². The smallest absolute Gasteiger partial charge is 0.266 e. The second-order valence-electron chi connectivity index (χ2n) is 11.5. The lowest BCUT2D eigenvalue weighted by Gasteiger charge is -2.32. The fourth-order valence-electron chi connectivity index (χ4n) is 5.74. The van der Waals surface area contributed by atoms with Crippen LogP contribution in [0, 0.1) is 0 Å². The minimum Gasteiger partial charge on any atom is -0.497 e. The molecule has 0 unspecified atom stereocenters. The van der Waals surface area contributed by atoms with Gasteiger partial charge in [0.1, 0.15) is 17.2 Å². The fraction of sp³-hybridized carbons (Fsp3) is 0.297. The van der Waals surface area contributed by atoms with Crippen molar-refractivity contribution in [2.75, 3.05) is 34.0 Å². The average Bonchev–Trinajstić information content (AvgIpc) is 3.53. The molecule has 5 rings (SSSR count). The Kier molecular flexibility index (Phi) is 12.7. The lowest BCUT2D eigenvalue weighted by molar-refractivity contribution is -0.130. The molecule has 1 aliphatic rings. The van der Waals surface area contributed by atoms with Crippen LogP contribution in [0.25, 0.3) is 10.4 Å². The number of nitrogens with one attached hydrogen (secondary N) is 2. The van der Waals surface area contributed by atoms with Crippen molar-refractivity contribution in [3.8, 4) is 17.2 Å². The summed E-state index contributed by atoms with van der Waals surface area (Å²) in [5.41, 5.74) is 17.5. The highest BCUT2D eigenvalue weighted by Gasteiger charge is 2.54. The molecule has 3 N–H and O–H groups in total. The number of azide groups is 1. The molecular weight excluding hydrogens is 704 g/mol. The fourth-order valence-corrected chi connectivity index (χ4v) is 6.00. The zero-order valence-corrected chi connectivity index (χ0v) is 29.4. The van der Waals surface area contributed by atoms with Crippen molar-refractivity contribution < 1.29 is 28.8 Å². The van der Waals surface area contributed by atoms with Gasteiger partial charge in [0, 0.05) is 40.9 Å². The number of carbonyl (C=O) groups excluding carboxylic acids is 1.